The summed E-state index contributed by atoms with van der Waals surface area (Å²) >= 11 is 7.86. The lowest BCUT2D eigenvalue weighted by Crippen LogP contribution is -2.11. The number of rotatable bonds is 3. The van der Waals surface area contributed by atoms with E-state index in [1.807, 2.05) is 0 Å². The van der Waals surface area contributed by atoms with Gasteiger partial charge >= 0.3 is 0 Å². The van der Waals surface area contributed by atoms with Crippen LogP contribution in [0.15, 0.2) is 14.3 Å². The minimum atomic E-state index is -3.15. The minimum Gasteiger partial charge on any atom is -0.387 e. The van der Waals surface area contributed by atoms with Gasteiger partial charge in [0, 0.05) is 15.6 Å². The SMILES string of the molecule is CS(=O)(=O)CC(O)c1cc(Br)c(Br)s1. The molecule has 0 aliphatic carbocycles. The van der Waals surface area contributed by atoms with Crippen molar-refractivity contribution in [3.63, 3.8) is 0 Å². The molecule has 1 aromatic rings. The lowest BCUT2D eigenvalue weighted by Gasteiger charge is -2.05. The van der Waals surface area contributed by atoms with Crippen molar-refractivity contribution in [3.05, 3.63) is 19.2 Å². The Kier molecular flexibility index (Phi) is 4.16. The van der Waals surface area contributed by atoms with Gasteiger partial charge in [0.25, 0.3) is 0 Å². The molecule has 0 fully saturated rings. The molecule has 0 aromatic carbocycles. The van der Waals surface area contributed by atoms with Crippen molar-refractivity contribution in [2.45, 2.75) is 6.10 Å². The normalized spacial score (nSPS) is 14.3. The van der Waals surface area contributed by atoms with Gasteiger partial charge in [0.1, 0.15) is 15.9 Å². The summed E-state index contributed by atoms with van der Waals surface area (Å²) in [6, 6.07) is 1.71. The fourth-order valence-electron chi connectivity index (χ4n) is 0.896. The molecule has 0 saturated carbocycles. The molecule has 1 unspecified atom stereocenters. The summed E-state index contributed by atoms with van der Waals surface area (Å²) in [4.78, 5) is 0.633. The monoisotopic (exact) mass is 362 g/mol. The maximum atomic E-state index is 10.9. The van der Waals surface area contributed by atoms with Crippen LogP contribution in [0.25, 0.3) is 0 Å². The maximum Gasteiger partial charge on any atom is 0.150 e. The van der Waals surface area contributed by atoms with Crippen LogP contribution in [0.4, 0.5) is 0 Å². The molecule has 3 nitrogen and oxygen atoms in total. The van der Waals surface area contributed by atoms with Crippen LogP contribution in [-0.4, -0.2) is 25.5 Å². The van der Waals surface area contributed by atoms with Crippen molar-refractivity contribution in [1.82, 2.24) is 0 Å². The molecule has 1 aromatic heterocycles. The molecule has 0 aliphatic heterocycles. The van der Waals surface area contributed by atoms with Crippen molar-refractivity contribution >= 4 is 53.0 Å². The molecule has 0 bridgehead atoms. The quantitative estimate of drug-likeness (QED) is 0.896. The summed E-state index contributed by atoms with van der Waals surface area (Å²) in [6.07, 6.45) is 0.158. The van der Waals surface area contributed by atoms with E-state index in [-0.39, 0.29) is 5.75 Å². The number of hydrogen-bond acceptors (Lipinski definition) is 4. The summed E-state index contributed by atoms with van der Waals surface area (Å²) in [5, 5.41) is 9.58. The second kappa shape index (κ2) is 4.61. The summed E-state index contributed by atoms with van der Waals surface area (Å²) in [7, 11) is -3.15. The zero-order chi connectivity index (χ0) is 10.9. The number of sulfone groups is 1. The van der Waals surface area contributed by atoms with Crippen molar-refractivity contribution in [2.24, 2.45) is 0 Å². The first-order valence-electron chi connectivity index (χ1n) is 3.60. The summed E-state index contributed by atoms with van der Waals surface area (Å²) < 4.78 is 23.5. The molecule has 0 saturated heterocycles. The van der Waals surface area contributed by atoms with Crippen LogP contribution in [0, 0.1) is 0 Å². The predicted molar refractivity (Wildman–Crippen MR) is 64.4 cm³/mol. The Morgan fingerprint density at radius 3 is 2.50 bits per heavy atom. The van der Waals surface area contributed by atoms with E-state index in [2.05, 4.69) is 31.9 Å². The molecule has 0 spiro atoms. The number of hydrogen-bond donors (Lipinski definition) is 1. The van der Waals surface area contributed by atoms with Gasteiger partial charge in [0.15, 0.2) is 0 Å². The van der Waals surface area contributed by atoms with Crippen LogP contribution in [0.1, 0.15) is 11.0 Å². The lowest BCUT2D eigenvalue weighted by molar-refractivity contribution is 0.205. The van der Waals surface area contributed by atoms with Gasteiger partial charge in [-0.3, -0.25) is 0 Å². The highest BCUT2D eigenvalue weighted by atomic mass is 79.9. The topological polar surface area (TPSA) is 54.4 Å². The summed E-state index contributed by atoms with van der Waals surface area (Å²) in [5.41, 5.74) is 0. The van der Waals surface area contributed by atoms with Gasteiger partial charge in [-0.2, -0.15) is 0 Å². The molecular weight excluding hydrogens is 356 g/mol. The second-order valence-electron chi connectivity index (χ2n) is 2.88. The van der Waals surface area contributed by atoms with Crippen LogP contribution in [-0.2, 0) is 9.84 Å². The van der Waals surface area contributed by atoms with E-state index < -0.39 is 15.9 Å². The first-order valence-corrected chi connectivity index (χ1v) is 8.06. The van der Waals surface area contributed by atoms with Crippen molar-refractivity contribution < 1.29 is 13.5 Å². The van der Waals surface area contributed by atoms with Crippen LogP contribution in [0.5, 0.6) is 0 Å². The van der Waals surface area contributed by atoms with Gasteiger partial charge < -0.3 is 5.11 Å². The Bertz CT molecular complexity index is 405. The lowest BCUT2D eigenvalue weighted by atomic mass is 10.3. The number of halogens is 2. The first kappa shape index (κ1) is 12.6. The summed E-state index contributed by atoms with van der Waals surface area (Å²) in [5.74, 6) is -0.244. The number of thiophene rings is 1. The molecule has 7 heteroatoms. The third-order valence-corrected chi connectivity index (χ3v) is 5.73. The molecule has 1 atom stereocenters. The molecule has 0 amide bonds. The van der Waals surface area contributed by atoms with E-state index in [1.165, 1.54) is 11.3 Å². The van der Waals surface area contributed by atoms with E-state index >= 15 is 0 Å². The van der Waals surface area contributed by atoms with Gasteiger partial charge in [-0.05, 0) is 37.9 Å². The molecular formula is C7H8Br2O3S2. The molecule has 1 rings (SSSR count). The number of aliphatic hydroxyl groups excluding tert-OH is 1. The Balaban J connectivity index is 2.85. The standard InChI is InChI=1S/C7H8Br2O3S2/c1-14(11,12)3-5(10)6-2-4(8)7(9)13-6/h2,5,10H,3H2,1H3. The fraction of sp³-hybridized carbons (Fsp3) is 0.429. The highest BCUT2D eigenvalue weighted by molar-refractivity contribution is 9.13. The molecule has 0 aliphatic rings. The predicted octanol–water partition coefficient (Wildman–Crippen LogP) is 2.35. The Morgan fingerprint density at radius 1 is 1.57 bits per heavy atom. The van der Waals surface area contributed by atoms with Gasteiger partial charge in [-0.15, -0.1) is 11.3 Å². The van der Waals surface area contributed by atoms with Gasteiger partial charge in [0.2, 0.25) is 0 Å². The van der Waals surface area contributed by atoms with Crippen molar-refractivity contribution in [1.29, 1.82) is 0 Å². The van der Waals surface area contributed by atoms with Gasteiger partial charge in [-0.25, -0.2) is 8.42 Å². The average Bonchev–Trinajstić information content (AvgIpc) is 2.28. The van der Waals surface area contributed by atoms with Gasteiger partial charge in [0.05, 0.1) is 9.54 Å². The largest absolute Gasteiger partial charge is 0.387 e. The van der Waals surface area contributed by atoms with Crippen molar-refractivity contribution in [2.75, 3.05) is 12.0 Å². The third-order valence-electron chi connectivity index (χ3n) is 1.45. The smallest absolute Gasteiger partial charge is 0.150 e. The molecule has 0 radical (unpaired) electrons. The minimum absolute atomic E-state index is 0.244. The van der Waals surface area contributed by atoms with Gasteiger partial charge in [-0.1, -0.05) is 0 Å². The Labute approximate surface area is 103 Å². The van der Waals surface area contributed by atoms with E-state index in [1.54, 1.807) is 6.07 Å². The fourth-order valence-corrected chi connectivity index (χ4v) is 3.83. The first-order chi connectivity index (χ1) is 6.29. The van der Waals surface area contributed by atoms with Crippen LogP contribution >= 0.6 is 43.2 Å². The molecule has 80 valence electrons. The van der Waals surface area contributed by atoms with Crippen LogP contribution < -0.4 is 0 Å². The summed E-state index contributed by atoms with van der Waals surface area (Å²) in [6.45, 7) is 0. The molecule has 14 heavy (non-hydrogen) atoms. The maximum absolute atomic E-state index is 10.9. The molecule has 1 N–H and O–H groups in total. The second-order valence-corrected chi connectivity index (χ2v) is 8.32. The zero-order valence-corrected chi connectivity index (χ0v) is 12.0. The average molecular weight is 364 g/mol. The van der Waals surface area contributed by atoms with Crippen molar-refractivity contribution in [3.8, 4) is 0 Å². The van der Waals surface area contributed by atoms with Crippen LogP contribution in [0.2, 0.25) is 0 Å². The zero-order valence-electron chi connectivity index (χ0n) is 7.20. The highest BCUT2D eigenvalue weighted by Crippen LogP contribution is 2.35. The Morgan fingerprint density at radius 2 is 2.14 bits per heavy atom. The Hall–Kier alpha value is 0.570. The third kappa shape index (κ3) is 3.62. The van der Waals surface area contributed by atoms with E-state index in [9.17, 15) is 13.5 Å². The van der Waals surface area contributed by atoms with E-state index in [0.29, 0.717) is 4.88 Å². The van der Waals surface area contributed by atoms with E-state index in [0.717, 1.165) is 14.5 Å². The van der Waals surface area contributed by atoms with Crippen LogP contribution in [0.3, 0.4) is 0 Å². The van der Waals surface area contributed by atoms with E-state index in [4.69, 9.17) is 0 Å². The number of aliphatic hydroxyl groups is 1. The highest BCUT2D eigenvalue weighted by Gasteiger charge is 2.17. The molecule has 1 heterocycles.